The first kappa shape index (κ1) is 26.0. The molecular formula is C29H36ClN5OS. The van der Waals surface area contributed by atoms with Crippen LogP contribution in [0.3, 0.4) is 0 Å². The molecule has 3 aromatic rings. The molecule has 2 aliphatic heterocycles. The molecule has 4 heterocycles. The molecule has 2 saturated heterocycles. The van der Waals surface area contributed by atoms with Crippen LogP contribution in [0.1, 0.15) is 54.5 Å². The number of aryl methyl sites for hydroxylation is 1. The summed E-state index contributed by atoms with van der Waals surface area (Å²) in [6.07, 6.45) is 4.24. The fourth-order valence-corrected chi connectivity index (χ4v) is 6.39. The summed E-state index contributed by atoms with van der Waals surface area (Å²) in [5.41, 5.74) is 6.69. The van der Waals surface area contributed by atoms with Crippen LogP contribution in [0.15, 0.2) is 48.7 Å². The summed E-state index contributed by atoms with van der Waals surface area (Å²) >= 11 is 12.9. The molecule has 2 aliphatic rings. The second-order valence-corrected chi connectivity index (χ2v) is 11.1. The van der Waals surface area contributed by atoms with E-state index in [1.54, 1.807) is 7.11 Å². The highest BCUT2D eigenvalue weighted by Crippen LogP contribution is 2.44. The maximum atomic E-state index is 6.93. The van der Waals surface area contributed by atoms with Gasteiger partial charge in [0.1, 0.15) is 0 Å². The lowest BCUT2D eigenvalue weighted by molar-refractivity contribution is 0.186. The Hall–Kier alpha value is -2.61. The van der Waals surface area contributed by atoms with E-state index in [0.29, 0.717) is 11.7 Å². The Morgan fingerprint density at radius 1 is 1.14 bits per heavy atom. The first-order valence-corrected chi connectivity index (χ1v) is 13.9. The van der Waals surface area contributed by atoms with Crippen molar-refractivity contribution in [2.45, 2.75) is 52.2 Å². The number of methoxy groups -OCH3 is 1. The molecule has 6 nitrogen and oxygen atoms in total. The Labute approximate surface area is 230 Å². The Kier molecular flexibility index (Phi) is 7.75. The number of hydrogen-bond acceptors (Lipinski definition) is 4. The fourth-order valence-electron chi connectivity index (χ4n) is 5.75. The van der Waals surface area contributed by atoms with Crippen LogP contribution in [0.2, 0.25) is 5.02 Å². The number of halogens is 1. The average Bonchev–Trinajstić information content (AvgIpc) is 3.38. The number of hydrogen-bond donors (Lipinski definition) is 1. The number of ether oxygens (including phenoxy) is 1. The van der Waals surface area contributed by atoms with Crippen LogP contribution in [-0.4, -0.2) is 41.5 Å². The molecule has 1 N–H and O–H groups in total. The van der Waals surface area contributed by atoms with Crippen LogP contribution in [-0.2, 0) is 11.3 Å². The SMILES string of the molecule is COCCn1c(C)cc([C@H]2[C@H](c3ccccn3)NC(=S)N2c2ccc(N3CCC(C)CC3)c(Cl)c2)c1C. The zero-order valence-electron chi connectivity index (χ0n) is 22.1. The molecule has 5 rings (SSSR count). The third-order valence-electron chi connectivity index (χ3n) is 7.88. The second kappa shape index (κ2) is 11.0. The molecule has 0 saturated carbocycles. The summed E-state index contributed by atoms with van der Waals surface area (Å²) in [6.45, 7) is 10.2. The number of anilines is 2. The molecule has 196 valence electrons. The van der Waals surface area contributed by atoms with Gasteiger partial charge < -0.3 is 24.4 Å². The minimum Gasteiger partial charge on any atom is -0.383 e. The number of thiocarbonyl (C=S) groups is 1. The predicted molar refractivity (Wildman–Crippen MR) is 156 cm³/mol. The van der Waals surface area contributed by atoms with Crippen molar-refractivity contribution >= 4 is 40.3 Å². The van der Waals surface area contributed by atoms with Crippen molar-refractivity contribution in [2.75, 3.05) is 36.6 Å². The van der Waals surface area contributed by atoms with Crippen molar-refractivity contribution in [1.82, 2.24) is 14.9 Å². The van der Waals surface area contributed by atoms with Crippen molar-refractivity contribution in [2.24, 2.45) is 5.92 Å². The molecule has 0 radical (unpaired) electrons. The van der Waals surface area contributed by atoms with Crippen molar-refractivity contribution in [3.05, 3.63) is 76.3 Å². The Morgan fingerprint density at radius 3 is 2.59 bits per heavy atom. The smallest absolute Gasteiger partial charge is 0.174 e. The number of pyridine rings is 1. The Balaban J connectivity index is 1.55. The summed E-state index contributed by atoms with van der Waals surface area (Å²) in [5.74, 6) is 0.773. The second-order valence-electron chi connectivity index (χ2n) is 10.3. The quantitative estimate of drug-likeness (QED) is 0.361. The first-order chi connectivity index (χ1) is 17.9. The zero-order chi connectivity index (χ0) is 26.1. The van der Waals surface area contributed by atoms with Crippen LogP contribution in [0.25, 0.3) is 0 Å². The van der Waals surface area contributed by atoms with Gasteiger partial charge in [0.05, 0.1) is 35.1 Å². The molecule has 8 heteroatoms. The predicted octanol–water partition coefficient (Wildman–Crippen LogP) is 6.21. The van der Waals surface area contributed by atoms with Crippen LogP contribution in [0.5, 0.6) is 0 Å². The molecule has 0 amide bonds. The molecule has 37 heavy (non-hydrogen) atoms. The highest BCUT2D eigenvalue weighted by molar-refractivity contribution is 7.80. The van der Waals surface area contributed by atoms with Crippen molar-refractivity contribution < 1.29 is 4.74 Å². The van der Waals surface area contributed by atoms with Crippen LogP contribution >= 0.6 is 23.8 Å². The molecule has 0 bridgehead atoms. The Morgan fingerprint density at radius 2 is 1.92 bits per heavy atom. The average molecular weight is 538 g/mol. The normalized spacial score (nSPS) is 20.5. The van der Waals surface area contributed by atoms with Crippen molar-refractivity contribution in [3.63, 3.8) is 0 Å². The fraction of sp³-hybridized carbons (Fsp3) is 0.448. The van der Waals surface area contributed by atoms with Gasteiger partial charge in [-0.15, -0.1) is 0 Å². The van der Waals surface area contributed by atoms with E-state index in [2.05, 4.69) is 70.8 Å². The van der Waals surface area contributed by atoms with Gasteiger partial charge in [0.15, 0.2) is 5.11 Å². The van der Waals surface area contributed by atoms with Gasteiger partial charge in [-0.3, -0.25) is 4.98 Å². The minimum atomic E-state index is -0.0906. The van der Waals surface area contributed by atoms with E-state index < -0.39 is 0 Å². The maximum Gasteiger partial charge on any atom is 0.174 e. The monoisotopic (exact) mass is 537 g/mol. The van der Waals surface area contributed by atoms with Gasteiger partial charge in [0, 0.05) is 50.0 Å². The third-order valence-corrected chi connectivity index (χ3v) is 8.50. The van der Waals surface area contributed by atoms with E-state index in [-0.39, 0.29) is 12.1 Å². The molecular weight excluding hydrogens is 502 g/mol. The topological polar surface area (TPSA) is 45.6 Å². The molecule has 2 fully saturated rings. The molecule has 2 aromatic heterocycles. The minimum absolute atomic E-state index is 0.0670. The lowest BCUT2D eigenvalue weighted by Gasteiger charge is -2.33. The number of nitrogens with zero attached hydrogens (tertiary/aromatic N) is 4. The van der Waals surface area contributed by atoms with Crippen LogP contribution in [0.4, 0.5) is 11.4 Å². The largest absolute Gasteiger partial charge is 0.383 e. The highest BCUT2D eigenvalue weighted by atomic mass is 35.5. The maximum absolute atomic E-state index is 6.93. The summed E-state index contributed by atoms with van der Waals surface area (Å²) in [7, 11) is 1.74. The molecule has 0 spiro atoms. The van der Waals surface area contributed by atoms with Gasteiger partial charge in [-0.05, 0) is 86.8 Å². The molecule has 1 aromatic carbocycles. The van der Waals surface area contributed by atoms with Crippen LogP contribution < -0.4 is 15.1 Å². The molecule has 0 aliphatic carbocycles. The van der Waals surface area contributed by atoms with Gasteiger partial charge in [0.25, 0.3) is 0 Å². The van der Waals surface area contributed by atoms with E-state index in [4.69, 9.17) is 33.5 Å². The number of benzene rings is 1. The number of piperidine rings is 1. The van der Waals surface area contributed by atoms with E-state index in [1.807, 2.05) is 18.3 Å². The van der Waals surface area contributed by atoms with E-state index >= 15 is 0 Å². The lowest BCUT2D eigenvalue weighted by Crippen LogP contribution is -2.33. The highest BCUT2D eigenvalue weighted by Gasteiger charge is 2.42. The zero-order valence-corrected chi connectivity index (χ0v) is 23.6. The summed E-state index contributed by atoms with van der Waals surface area (Å²) < 4.78 is 7.70. The standard InChI is InChI=1S/C29H36ClN5OS/c1-19-10-13-33(14-11-19)26-9-8-22(18-24(26)30)35-28(23-17-20(2)34(21(23)3)15-16-36-4)27(32-29(35)37)25-7-5-6-12-31-25/h5-9,12,17-19,27-28H,10-11,13-16H2,1-4H3,(H,32,37)/t27-,28-/m0/s1. The number of rotatable bonds is 7. The van der Waals surface area contributed by atoms with Gasteiger partial charge >= 0.3 is 0 Å². The first-order valence-electron chi connectivity index (χ1n) is 13.1. The number of nitrogens with one attached hydrogen (secondary N) is 1. The van der Waals surface area contributed by atoms with Crippen molar-refractivity contribution in [1.29, 1.82) is 0 Å². The van der Waals surface area contributed by atoms with E-state index in [1.165, 1.54) is 29.8 Å². The number of aromatic nitrogens is 2. The molecule has 2 atom stereocenters. The van der Waals surface area contributed by atoms with Crippen molar-refractivity contribution in [3.8, 4) is 0 Å². The summed E-state index contributed by atoms with van der Waals surface area (Å²) in [5, 5.41) is 5.02. The summed E-state index contributed by atoms with van der Waals surface area (Å²) in [4.78, 5) is 9.32. The Bertz CT molecular complexity index is 1250. The lowest BCUT2D eigenvalue weighted by atomic mass is 9.96. The molecule has 0 unspecified atom stereocenters. The van der Waals surface area contributed by atoms with Gasteiger partial charge in [0.2, 0.25) is 0 Å². The van der Waals surface area contributed by atoms with Gasteiger partial charge in [-0.2, -0.15) is 0 Å². The van der Waals surface area contributed by atoms with Crippen LogP contribution in [0, 0.1) is 19.8 Å². The van der Waals surface area contributed by atoms with Gasteiger partial charge in [-0.1, -0.05) is 24.6 Å². The summed E-state index contributed by atoms with van der Waals surface area (Å²) in [6, 6.07) is 14.5. The van der Waals surface area contributed by atoms with Gasteiger partial charge in [-0.25, -0.2) is 0 Å². The third kappa shape index (κ3) is 5.09. The van der Waals surface area contributed by atoms with E-state index in [9.17, 15) is 0 Å². The van der Waals surface area contributed by atoms with E-state index in [0.717, 1.165) is 47.6 Å².